The van der Waals surface area contributed by atoms with Gasteiger partial charge in [0.15, 0.2) is 0 Å². The first-order chi connectivity index (χ1) is 9.73. The number of benzene rings is 1. The van der Waals surface area contributed by atoms with Gasteiger partial charge < -0.3 is 4.74 Å². The average molecular weight is 287 g/mol. The Hall–Kier alpha value is -2.10. The van der Waals surface area contributed by atoms with Crippen LogP contribution in [0.1, 0.15) is 56.5 Å². The predicted octanol–water partition coefficient (Wildman–Crippen LogP) is 4.36. The number of rotatable bonds is 2. The zero-order valence-electron chi connectivity index (χ0n) is 13.1. The summed E-state index contributed by atoms with van der Waals surface area (Å²) in [6.45, 7) is 9.63. The van der Waals surface area contributed by atoms with Gasteiger partial charge in [-0.3, -0.25) is 9.36 Å². The van der Waals surface area contributed by atoms with Gasteiger partial charge in [0, 0.05) is 17.1 Å². The van der Waals surface area contributed by atoms with Gasteiger partial charge in [0.25, 0.3) is 0 Å². The van der Waals surface area contributed by atoms with Crippen molar-refractivity contribution in [2.45, 2.75) is 46.1 Å². The van der Waals surface area contributed by atoms with Crippen LogP contribution in [-0.4, -0.2) is 22.5 Å². The van der Waals surface area contributed by atoms with Gasteiger partial charge in [-0.2, -0.15) is 0 Å². The number of nitrogens with zero attached hydrogens (tertiary/aromatic N) is 1. The lowest BCUT2D eigenvalue weighted by molar-refractivity contribution is 0.0544. The number of fused-ring (bicyclic) bond motifs is 1. The molecule has 112 valence electrons. The Morgan fingerprint density at radius 3 is 2.48 bits per heavy atom. The molecule has 2 aromatic rings. The molecule has 0 aliphatic carbocycles. The topological polar surface area (TPSA) is 48.3 Å². The molecule has 0 saturated carbocycles. The van der Waals surface area contributed by atoms with E-state index in [-0.39, 0.29) is 5.92 Å². The Labute approximate surface area is 124 Å². The summed E-state index contributed by atoms with van der Waals surface area (Å²) in [4.78, 5) is 23.3. The molecule has 4 heteroatoms. The maximum absolute atomic E-state index is 12.3. The fourth-order valence-electron chi connectivity index (χ4n) is 2.27. The van der Waals surface area contributed by atoms with E-state index < -0.39 is 11.7 Å². The highest BCUT2D eigenvalue weighted by Gasteiger charge is 2.21. The molecular weight excluding hydrogens is 266 g/mol. The standard InChI is InChI=1S/C17H21NO3/c1-11(2)14-9-18(16(20)21-17(3,4)5)15-7-6-12(10-19)8-13(14)15/h6-11H,1-5H3. The second kappa shape index (κ2) is 5.35. The minimum atomic E-state index is -0.547. The molecule has 0 fully saturated rings. The summed E-state index contributed by atoms with van der Waals surface area (Å²) < 4.78 is 6.95. The van der Waals surface area contributed by atoms with Crippen LogP contribution in [0.25, 0.3) is 10.9 Å². The molecule has 0 spiro atoms. The number of carbonyl (C=O) groups excluding carboxylic acids is 2. The molecule has 0 N–H and O–H groups in total. The summed E-state index contributed by atoms with van der Waals surface area (Å²) in [6, 6.07) is 5.31. The lowest BCUT2D eigenvalue weighted by Gasteiger charge is -2.19. The lowest BCUT2D eigenvalue weighted by Crippen LogP contribution is -2.26. The van der Waals surface area contributed by atoms with Gasteiger partial charge in [0.2, 0.25) is 0 Å². The summed E-state index contributed by atoms with van der Waals surface area (Å²) in [5.41, 5.74) is 1.85. The second-order valence-electron chi connectivity index (χ2n) is 6.48. The summed E-state index contributed by atoms with van der Waals surface area (Å²) in [5, 5.41) is 0.917. The molecular formula is C17H21NO3. The fourth-order valence-corrected chi connectivity index (χ4v) is 2.27. The van der Waals surface area contributed by atoms with Crippen LogP contribution in [0.2, 0.25) is 0 Å². The Balaban J connectivity index is 2.60. The number of hydrogen-bond acceptors (Lipinski definition) is 3. The SMILES string of the molecule is CC(C)c1cn(C(=O)OC(C)(C)C)c2ccc(C=O)cc12. The van der Waals surface area contributed by atoms with E-state index in [1.807, 2.05) is 26.8 Å². The van der Waals surface area contributed by atoms with Crippen LogP contribution in [0.15, 0.2) is 24.4 Å². The minimum absolute atomic E-state index is 0.248. The van der Waals surface area contributed by atoms with E-state index in [4.69, 9.17) is 4.74 Å². The minimum Gasteiger partial charge on any atom is -0.443 e. The molecule has 21 heavy (non-hydrogen) atoms. The predicted molar refractivity (Wildman–Crippen MR) is 83.0 cm³/mol. The highest BCUT2D eigenvalue weighted by molar-refractivity contribution is 5.95. The zero-order valence-corrected chi connectivity index (χ0v) is 13.1. The maximum atomic E-state index is 12.3. The molecule has 4 nitrogen and oxygen atoms in total. The first-order valence-electron chi connectivity index (χ1n) is 7.06. The normalized spacial score (nSPS) is 11.9. The molecule has 0 saturated heterocycles. The Morgan fingerprint density at radius 1 is 1.29 bits per heavy atom. The molecule has 1 heterocycles. The van der Waals surface area contributed by atoms with Crippen LogP contribution in [0.3, 0.4) is 0 Å². The van der Waals surface area contributed by atoms with E-state index in [9.17, 15) is 9.59 Å². The first-order valence-corrected chi connectivity index (χ1v) is 7.06. The first kappa shape index (κ1) is 15.3. The van der Waals surface area contributed by atoms with Crippen molar-refractivity contribution >= 4 is 23.3 Å². The van der Waals surface area contributed by atoms with Crippen LogP contribution in [0.5, 0.6) is 0 Å². The molecule has 2 rings (SSSR count). The van der Waals surface area contributed by atoms with Crippen LogP contribution >= 0.6 is 0 Å². The number of carbonyl (C=O) groups is 2. The van der Waals surface area contributed by atoms with Crippen LogP contribution in [-0.2, 0) is 4.74 Å². The van der Waals surface area contributed by atoms with Gasteiger partial charge >= 0.3 is 6.09 Å². The maximum Gasteiger partial charge on any atom is 0.419 e. The molecule has 0 aliphatic heterocycles. The van der Waals surface area contributed by atoms with Crippen LogP contribution < -0.4 is 0 Å². The van der Waals surface area contributed by atoms with Gasteiger partial charge in [-0.1, -0.05) is 13.8 Å². The van der Waals surface area contributed by atoms with E-state index in [1.165, 1.54) is 4.57 Å². The smallest absolute Gasteiger partial charge is 0.419 e. The number of hydrogen-bond donors (Lipinski definition) is 0. The van der Waals surface area contributed by atoms with Crippen molar-refractivity contribution in [2.75, 3.05) is 0 Å². The zero-order chi connectivity index (χ0) is 15.8. The highest BCUT2D eigenvalue weighted by atomic mass is 16.6. The monoisotopic (exact) mass is 287 g/mol. The molecule has 0 radical (unpaired) electrons. The molecule has 0 atom stereocenters. The van der Waals surface area contributed by atoms with Crippen molar-refractivity contribution in [3.63, 3.8) is 0 Å². The van der Waals surface area contributed by atoms with Gasteiger partial charge in [0.05, 0.1) is 5.52 Å². The molecule has 0 amide bonds. The van der Waals surface area contributed by atoms with E-state index in [1.54, 1.807) is 18.3 Å². The summed E-state index contributed by atoms with van der Waals surface area (Å²) in [5.74, 6) is 0.248. The third-order valence-electron chi connectivity index (χ3n) is 3.21. The van der Waals surface area contributed by atoms with Crippen molar-refractivity contribution in [1.29, 1.82) is 0 Å². The number of ether oxygens (including phenoxy) is 1. The van der Waals surface area contributed by atoms with Crippen molar-refractivity contribution in [3.05, 3.63) is 35.5 Å². The third-order valence-corrected chi connectivity index (χ3v) is 3.21. The van der Waals surface area contributed by atoms with Crippen LogP contribution in [0, 0.1) is 0 Å². The van der Waals surface area contributed by atoms with E-state index in [0.717, 1.165) is 22.8 Å². The van der Waals surface area contributed by atoms with E-state index in [2.05, 4.69) is 13.8 Å². The summed E-state index contributed by atoms with van der Waals surface area (Å²) in [7, 11) is 0. The molecule has 1 aromatic heterocycles. The van der Waals surface area contributed by atoms with Gasteiger partial charge in [-0.05, 0) is 50.5 Å². The van der Waals surface area contributed by atoms with E-state index >= 15 is 0 Å². The van der Waals surface area contributed by atoms with Crippen molar-refractivity contribution in [1.82, 2.24) is 4.57 Å². The third kappa shape index (κ3) is 3.15. The Bertz CT molecular complexity index is 690. The molecule has 0 bridgehead atoms. The molecule has 1 aromatic carbocycles. The fraction of sp³-hybridized carbons (Fsp3) is 0.412. The van der Waals surface area contributed by atoms with Crippen molar-refractivity contribution in [2.24, 2.45) is 0 Å². The molecule has 0 aliphatic rings. The largest absolute Gasteiger partial charge is 0.443 e. The molecule has 0 unspecified atom stereocenters. The summed E-state index contributed by atoms with van der Waals surface area (Å²) >= 11 is 0. The van der Waals surface area contributed by atoms with Gasteiger partial charge in [-0.15, -0.1) is 0 Å². The van der Waals surface area contributed by atoms with E-state index in [0.29, 0.717) is 5.56 Å². The lowest BCUT2D eigenvalue weighted by atomic mass is 10.0. The second-order valence-corrected chi connectivity index (χ2v) is 6.48. The van der Waals surface area contributed by atoms with Crippen LogP contribution in [0.4, 0.5) is 4.79 Å². The Kier molecular flexibility index (Phi) is 3.90. The number of aromatic nitrogens is 1. The average Bonchev–Trinajstić information content (AvgIpc) is 2.75. The Morgan fingerprint density at radius 2 is 1.95 bits per heavy atom. The van der Waals surface area contributed by atoms with Gasteiger partial charge in [0.1, 0.15) is 11.9 Å². The summed E-state index contributed by atoms with van der Waals surface area (Å²) in [6.07, 6.45) is 2.21. The highest BCUT2D eigenvalue weighted by Crippen LogP contribution is 2.29. The number of aldehydes is 1. The van der Waals surface area contributed by atoms with Crippen molar-refractivity contribution < 1.29 is 14.3 Å². The van der Waals surface area contributed by atoms with Crippen molar-refractivity contribution in [3.8, 4) is 0 Å². The quantitative estimate of drug-likeness (QED) is 0.771. The van der Waals surface area contributed by atoms with Gasteiger partial charge in [-0.25, -0.2) is 4.79 Å².